The van der Waals surface area contributed by atoms with Crippen molar-refractivity contribution in [3.8, 4) is 0 Å². The van der Waals surface area contributed by atoms with Gasteiger partial charge in [0.25, 0.3) is 0 Å². The van der Waals surface area contributed by atoms with E-state index in [1.54, 1.807) is 0 Å². The molecule has 0 aliphatic carbocycles. The summed E-state index contributed by atoms with van der Waals surface area (Å²) >= 11 is 0. The number of aryl methyl sites for hydroxylation is 1. The second-order valence-electron chi connectivity index (χ2n) is 4.25. The maximum atomic E-state index is 10.9. The molecule has 14 heavy (non-hydrogen) atoms. The monoisotopic (exact) mass is 192 g/mol. The van der Waals surface area contributed by atoms with Gasteiger partial charge >= 0.3 is 0 Å². The molecule has 0 saturated heterocycles. The second-order valence-corrected chi connectivity index (χ2v) is 4.25. The van der Waals surface area contributed by atoms with Gasteiger partial charge in [-0.2, -0.15) is 0 Å². The van der Waals surface area contributed by atoms with Gasteiger partial charge in [-0.25, -0.2) is 0 Å². The predicted molar refractivity (Wildman–Crippen MR) is 56.7 cm³/mol. The molecule has 0 aliphatic rings. The van der Waals surface area contributed by atoms with Crippen molar-refractivity contribution in [1.29, 1.82) is 0 Å². The van der Waals surface area contributed by atoms with Crippen LogP contribution in [0.25, 0.3) is 0 Å². The van der Waals surface area contributed by atoms with Crippen molar-refractivity contribution in [1.82, 2.24) is 0 Å². The summed E-state index contributed by atoms with van der Waals surface area (Å²) in [5.74, 6) is 0. The first-order valence-corrected chi connectivity index (χ1v) is 4.68. The van der Waals surface area contributed by atoms with Gasteiger partial charge in [0.05, 0.1) is 6.61 Å². The zero-order chi connectivity index (χ0) is 10.8. The van der Waals surface area contributed by atoms with Crippen molar-refractivity contribution in [2.75, 3.05) is 6.61 Å². The Morgan fingerprint density at radius 2 is 2.07 bits per heavy atom. The molecule has 0 atom stereocenters. The average molecular weight is 192 g/mol. The smallest absolute Gasteiger partial charge is 0.150 e. The van der Waals surface area contributed by atoms with Crippen molar-refractivity contribution < 1.29 is 9.90 Å². The molecule has 0 amide bonds. The molecular weight excluding hydrogens is 176 g/mol. The first kappa shape index (κ1) is 10.9. The van der Waals surface area contributed by atoms with E-state index < -0.39 is 0 Å². The van der Waals surface area contributed by atoms with Gasteiger partial charge < -0.3 is 5.11 Å². The summed E-state index contributed by atoms with van der Waals surface area (Å²) in [7, 11) is 0. The van der Waals surface area contributed by atoms with Crippen LogP contribution in [-0.4, -0.2) is 18.0 Å². The number of aldehydes is 1. The summed E-state index contributed by atoms with van der Waals surface area (Å²) in [4.78, 5) is 10.9. The zero-order valence-electron chi connectivity index (χ0n) is 8.87. The van der Waals surface area contributed by atoms with E-state index in [1.165, 1.54) is 0 Å². The number of rotatable bonds is 3. The first-order chi connectivity index (χ1) is 6.51. The molecule has 2 nitrogen and oxygen atoms in total. The normalized spacial score (nSPS) is 11.4. The Morgan fingerprint density at radius 3 is 2.57 bits per heavy atom. The number of aliphatic hydroxyl groups is 1. The van der Waals surface area contributed by atoms with E-state index >= 15 is 0 Å². The number of carbonyl (C=O) groups excluding carboxylic acids is 1. The van der Waals surface area contributed by atoms with E-state index in [9.17, 15) is 9.90 Å². The van der Waals surface area contributed by atoms with E-state index in [2.05, 4.69) is 0 Å². The first-order valence-electron chi connectivity index (χ1n) is 4.68. The standard InChI is InChI=1S/C12H16O2/c1-9-4-5-11(10(6-9)7-13)12(2,3)8-14/h4-7,14H,8H2,1-3H3. The van der Waals surface area contributed by atoms with E-state index in [4.69, 9.17) is 0 Å². The molecule has 2 heteroatoms. The van der Waals surface area contributed by atoms with Crippen LogP contribution in [0.4, 0.5) is 0 Å². The van der Waals surface area contributed by atoms with Crippen LogP contribution in [0.3, 0.4) is 0 Å². The highest BCUT2D eigenvalue weighted by molar-refractivity contribution is 5.78. The minimum atomic E-state index is -0.357. The minimum absolute atomic E-state index is 0.0386. The summed E-state index contributed by atoms with van der Waals surface area (Å²) < 4.78 is 0. The molecule has 0 bridgehead atoms. The van der Waals surface area contributed by atoms with Crippen LogP contribution in [0.2, 0.25) is 0 Å². The number of carbonyl (C=O) groups is 1. The molecule has 0 aliphatic heterocycles. The van der Waals surface area contributed by atoms with Crippen molar-refractivity contribution in [3.63, 3.8) is 0 Å². The Balaban J connectivity index is 3.27. The van der Waals surface area contributed by atoms with Crippen LogP contribution in [0.1, 0.15) is 35.3 Å². The molecule has 1 rings (SSSR count). The van der Waals surface area contributed by atoms with Crippen molar-refractivity contribution in [2.45, 2.75) is 26.2 Å². The fraction of sp³-hybridized carbons (Fsp3) is 0.417. The summed E-state index contributed by atoms with van der Waals surface area (Å²) in [6.07, 6.45) is 0.847. The van der Waals surface area contributed by atoms with Crippen LogP contribution >= 0.6 is 0 Å². The molecule has 1 aromatic rings. The van der Waals surface area contributed by atoms with Crippen molar-refractivity contribution in [2.24, 2.45) is 0 Å². The van der Waals surface area contributed by atoms with E-state index in [1.807, 2.05) is 39.0 Å². The lowest BCUT2D eigenvalue weighted by Gasteiger charge is -2.24. The highest BCUT2D eigenvalue weighted by Crippen LogP contribution is 2.25. The van der Waals surface area contributed by atoms with Crippen molar-refractivity contribution >= 4 is 6.29 Å². The molecule has 0 radical (unpaired) electrons. The van der Waals surface area contributed by atoms with Gasteiger partial charge in [-0.05, 0) is 18.6 Å². The minimum Gasteiger partial charge on any atom is -0.395 e. The third-order valence-electron chi connectivity index (χ3n) is 2.46. The average Bonchev–Trinajstić information content (AvgIpc) is 2.17. The number of aliphatic hydroxyl groups excluding tert-OH is 1. The lowest BCUT2D eigenvalue weighted by molar-refractivity contribution is 0.112. The van der Waals surface area contributed by atoms with Gasteiger partial charge in [0.15, 0.2) is 0 Å². The molecular formula is C12H16O2. The molecule has 0 fully saturated rings. The van der Waals surface area contributed by atoms with Crippen molar-refractivity contribution in [3.05, 3.63) is 34.9 Å². The zero-order valence-corrected chi connectivity index (χ0v) is 8.87. The number of hydrogen-bond donors (Lipinski definition) is 1. The van der Waals surface area contributed by atoms with Crippen LogP contribution < -0.4 is 0 Å². The summed E-state index contributed by atoms with van der Waals surface area (Å²) in [5.41, 5.74) is 2.28. The Hall–Kier alpha value is -1.15. The van der Waals surface area contributed by atoms with Gasteiger partial charge in [-0.1, -0.05) is 31.5 Å². The Morgan fingerprint density at radius 1 is 1.43 bits per heavy atom. The van der Waals surface area contributed by atoms with Gasteiger partial charge in [0, 0.05) is 11.0 Å². The lowest BCUT2D eigenvalue weighted by atomic mass is 9.82. The lowest BCUT2D eigenvalue weighted by Crippen LogP contribution is -2.23. The van der Waals surface area contributed by atoms with E-state index in [-0.39, 0.29) is 12.0 Å². The largest absolute Gasteiger partial charge is 0.395 e. The van der Waals surface area contributed by atoms with Crippen LogP contribution in [0.5, 0.6) is 0 Å². The van der Waals surface area contributed by atoms with Gasteiger partial charge in [-0.3, -0.25) is 4.79 Å². The summed E-state index contributed by atoms with van der Waals surface area (Å²) in [6.45, 7) is 5.83. The molecule has 0 spiro atoms. The highest BCUT2D eigenvalue weighted by atomic mass is 16.3. The Labute approximate surface area is 84.6 Å². The molecule has 0 unspecified atom stereocenters. The van der Waals surface area contributed by atoms with Gasteiger partial charge in [0.1, 0.15) is 6.29 Å². The number of benzene rings is 1. The van der Waals surface area contributed by atoms with Gasteiger partial charge in [-0.15, -0.1) is 0 Å². The fourth-order valence-electron chi connectivity index (χ4n) is 1.48. The topological polar surface area (TPSA) is 37.3 Å². The van der Waals surface area contributed by atoms with Crippen LogP contribution in [0, 0.1) is 6.92 Å². The quantitative estimate of drug-likeness (QED) is 0.744. The fourth-order valence-corrected chi connectivity index (χ4v) is 1.48. The predicted octanol–water partition coefficient (Wildman–Crippen LogP) is 2.08. The SMILES string of the molecule is Cc1ccc(C(C)(C)CO)c(C=O)c1. The summed E-state index contributed by atoms with van der Waals surface area (Å²) in [6, 6.07) is 5.72. The van der Waals surface area contributed by atoms with E-state index in [0.29, 0.717) is 5.56 Å². The Bertz CT molecular complexity index is 340. The van der Waals surface area contributed by atoms with Crippen LogP contribution in [0.15, 0.2) is 18.2 Å². The third-order valence-corrected chi connectivity index (χ3v) is 2.46. The Kier molecular flexibility index (Phi) is 3.06. The molecule has 76 valence electrons. The van der Waals surface area contributed by atoms with Crippen LogP contribution in [-0.2, 0) is 5.41 Å². The second kappa shape index (κ2) is 3.93. The maximum Gasteiger partial charge on any atom is 0.150 e. The van der Waals surface area contributed by atoms with Gasteiger partial charge in [0.2, 0.25) is 0 Å². The third kappa shape index (κ3) is 2.02. The number of hydrogen-bond acceptors (Lipinski definition) is 2. The molecule has 1 aromatic carbocycles. The highest BCUT2D eigenvalue weighted by Gasteiger charge is 2.22. The molecule has 1 N–H and O–H groups in total. The molecule has 0 saturated carbocycles. The molecule has 0 heterocycles. The summed E-state index contributed by atoms with van der Waals surface area (Å²) in [5, 5.41) is 9.22. The molecule has 0 aromatic heterocycles. The van der Waals surface area contributed by atoms with E-state index in [0.717, 1.165) is 17.4 Å². The maximum absolute atomic E-state index is 10.9.